The fraction of sp³-hybridized carbons (Fsp3) is 0.250. The number of benzene rings is 1. The summed E-state index contributed by atoms with van der Waals surface area (Å²) in [4.78, 5) is 4.35. The Balaban J connectivity index is 2.17. The SMILES string of the molecule is NC1(c2nccs2)CCOc2ccccc21. The van der Waals surface area contributed by atoms with Gasteiger partial charge >= 0.3 is 0 Å². The Bertz CT molecular complexity index is 497. The lowest BCUT2D eigenvalue weighted by Gasteiger charge is -2.33. The van der Waals surface area contributed by atoms with E-state index in [0.29, 0.717) is 6.61 Å². The number of hydrogen-bond donors (Lipinski definition) is 1. The highest BCUT2D eigenvalue weighted by molar-refractivity contribution is 7.09. The normalized spacial score (nSPS) is 23.6. The van der Waals surface area contributed by atoms with E-state index in [-0.39, 0.29) is 0 Å². The molecule has 1 aliphatic heterocycles. The van der Waals surface area contributed by atoms with Crippen molar-refractivity contribution in [3.05, 3.63) is 46.4 Å². The van der Waals surface area contributed by atoms with Gasteiger partial charge in [0.2, 0.25) is 0 Å². The van der Waals surface area contributed by atoms with E-state index in [2.05, 4.69) is 4.98 Å². The van der Waals surface area contributed by atoms with Crippen molar-refractivity contribution in [1.29, 1.82) is 0 Å². The van der Waals surface area contributed by atoms with E-state index in [4.69, 9.17) is 10.5 Å². The first-order chi connectivity index (χ1) is 7.81. The molecule has 1 aromatic carbocycles. The summed E-state index contributed by atoms with van der Waals surface area (Å²) in [5.74, 6) is 0.881. The molecule has 1 aliphatic rings. The van der Waals surface area contributed by atoms with Gasteiger partial charge in [-0.2, -0.15) is 0 Å². The highest BCUT2D eigenvalue weighted by Gasteiger charge is 2.37. The van der Waals surface area contributed by atoms with Gasteiger partial charge in [-0.25, -0.2) is 4.98 Å². The van der Waals surface area contributed by atoms with Crippen molar-refractivity contribution in [2.75, 3.05) is 6.61 Å². The van der Waals surface area contributed by atoms with E-state index < -0.39 is 5.54 Å². The Morgan fingerprint density at radius 2 is 2.25 bits per heavy atom. The van der Waals surface area contributed by atoms with Crippen molar-refractivity contribution in [2.24, 2.45) is 5.73 Å². The summed E-state index contributed by atoms with van der Waals surface area (Å²) in [5, 5.41) is 2.92. The maximum atomic E-state index is 6.50. The van der Waals surface area contributed by atoms with Gasteiger partial charge in [-0.05, 0) is 6.07 Å². The number of ether oxygens (including phenoxy) is 1. The lowest BCUT2D eigenvalue weighted by molar-refractivity contribution is 0.237. The van der Waals surface area contributed by atoms with Crippen molar-refractivity contribution in [2.45, 2.75) is 12.0 Å². The van der Waals surface area contributed by atoms with E-state index >= 15 is 0 Å². The summed E-state index contributed by atoms with van der Waals surface area (Å²) in [6, 6.07) is 7.94. The third-order valence-electron chi connectivity index (χ3n) is 2.94. The summed E-state index contributed by atoms with van der Waals surface area (Å²) < 4.78 is 5.61. The molecule has 0 fully saturated rings. The van der Waals surface area contributed by atoms with Gasteiger partial charge in [0.15, 0.2) is 0 Å². The van der Waals surface area contributed by atoms with Crippen LogP contribution in [0.4, 0.5) is 0 Å². The molecule has 1 unspecified atom stereocenters. The van der Waals surface area contributed by atoms with E-state index in [1.54, 1.807) is 17.5 Å². The third-order valence-corrected chi connectivity index (χ3v) is 3.89. The third kappa shape index (κ3) is 1.34. The number of rotatable bonds is 1. The van der Waals surface area contributed by atoms with E-state index in [1.807, 2.05) is 29.6 Å². The standard InChI is InChI=1S/C12H12N2OS/c13-12(11-14-6-8-16-11)5-7-15-10-4-2-1-3-9(10)12/h1-4,6,8H,5,7,13H2. The maximum Gasteiger partial charge on any atom is 0.124 e. The predicted molar refractivity (Wildman–Crippen MR) is 63.6 cm³/mol. The molecule has 16 heavy (non-hydrogen) atoms. The highest BCUT2D eigenvalue weighted by atomic mass is 32.1. The van der Waals surface area contributed by atoms with Crippen LogP contribution in [0.2, 0.25) is 0 Å². The quantitative estimate of drug-likeness (QED) is 0.819. The molecular formula is C12H12N2OS. The van der Waals surface area contributed by atoms with Gasteiger partial charge in [0.1, 0.15) is 16.3 Å². The van der Waals surface area contributed by atoms with Crippen molar-refractivity contribution in [3.8, 4) is 5.75 Å². The number of para-hydroxylation sites is 1. The van der Waals surface area contributed by atoms with Gasteiger partial charge in [-0.1, -0.05) is 18.2 Å². The molecule has 0 bridgehead atoms. The van der Waals surface area contributed by atoms with Crippen molar-refractivity contribution in [1.82, 2.24) is 4.98 Å². The topological polar surface area (TPSA) is 48.1 Å². The monoisotopic (exact) mass is 232 g/mol. The largest absolute Gasteiger partial charge is 0.493 e. The molecule has 3 rings (SSSR count). The molecule has 0 saturated carbocycles. The Labute approximate surface area is 97.9 Å². The summed E-state index contributed by atoms with van der Waals surface area (Å²) in [5.41, 5.74) is 7.06. The molecule has 0 saturated heterocycles. The molecule has 2 N–H and O–H groups in total. The molecule has 0 spiro atoms. The van der Waals surface area contributed by atoms with E-state index in [9.17, 15) is 0 Å². The summed E-state index contributed by atoms with van der Waals surface area (Å²) >= 11 is 1.60. The Hall–Kier alpha value is -1.39. The van der Waals surface area contributed by atoms with E-state index in [1.165, 1.54) is 0 Å². The molecule has 0 radical (unpaired) electrons. The number of thiazole rings is 1. The molecular weight excluding hydrogens is 220 g/mol. The van der Waals surface area contributed by atoms with Gasteiger partial charge in [-0.3, -0.25) is 0 Å². The fourth-order valence-electron chi connectivity index (χ4n) is 2.08. The minimum absolute atomic E-state index is 0.483. The molecule has 0 amide bonds. The minimum Gasteiger partial charge on any atom is -0.493 e. The van der Waals surface area contributed by atoms with Crippen LogP contribution in [0.15, 0.2) is 35.8 Å². The maximum absolute atomic E-state index is 6.50. The number of nitrogens with two attached hydrogens (primary N) is 1. The molecule has 3 nitrogen and oxygen atoms in total. The Morgan fingerprint density at radius 1 is 1.38 bits per heavy atom. The first kappa shape index (κ1) is 9.81. The lowest BCUT2D eigenvalue weighted by Crippen LogP contribution is -2.42. The van der Waals surface area contributed by atoms with Crippen molar-refractivity contribution in [3.63, 3.8) is 0 Å². The average molecular weight is 232 g/mol. The van der Waals surface area contributed by atoms with Crippen molar-refractivity contribution < 1.29 is 4.74 Å². The lowest BCUT2D eigenvalue weighted by atomic mass is 9.86. The summed E-state index contributed by atoms with van der Waals surface area (Å²) in [7, 11) is 0. The predicted octanol–water partition coefficient (Wildman–Crippen LogP) is 2.13. The van der Waals surface area contributed by atoms with Crippen LogP contribution in [0.1, 0.15) is 17.0 Å². The fourth-order valence-corrected chi connectivity index (χ4v) is 2.88. The van der Waals surface area contributed by atoms with Crippen LogP contribution in [0, 0.1) is 0 Å². The van der Waals surface area contributed by atoms with Gasteiger partial charge in [0.05, 0.1) is 6.61 Å². The van der Waals surface area contributed by atoms with Gasteiger partial charge in [0.25, 0.3) is 0 Å². The van der Waals surface area contributed by atoms with Crippen LogP contribution < -0.4 is 10.5 Å². The molecule has 82 valence electrons. The van der Waals surface area contributed by atoms with E-state index in [0.717, 1.165) is 22.7 Å². The van der Waals surface area contributed by atoms with Crippen LogP contribution in [-0.4, -0.2) is 11.6 Å². The molecule has 1 aromatic heterocycles. The first-order valence-electron chi connectivity index (χ1n) is 5.22. The van der Waals surface area contributed by atoms with Crippen LogP contribution in [-0.2, 0) is 5.54 Å². The molecule has 2 heterocycles. The highest BCUT2D eigenvalue weighted by Crippen LogP contribution is 2.40. The summed E-state index contributed by atoms with van der Waals surface area (Å²) in [6.07, 6.45) is 2.57. The number of nitrogens with zero attached hydrogens (tertiary/aromatic N) is 1. The van der Waals surface area contributed by atoms with Crippen LogP contribution >= 0.6 is 11.3 Å². The smallest absolute Gasteiger partial charge is 0.124 e. The molecule has 4 heteroatoms. The number of hydrogen-bond acceptors (Lipinski definition) is 4. The Morgan fingerprint density at radius 3 is 3.06 bits per heavy atom. The van der Waals surface area contributed by atoms with Crippen molar-refractivity contribution >= 4 is 11.3 Å². The zero-order valence-corrected chi connectivity index (χ0v) is 9.54. The van der Waals surface area contributed by atoms with Crippen LogP contribution in [0.3, 0.4) is 0 Å². The molecule has 2 aromatic rings. The van der Waals surface area contributed by atoms with Gasteiger partial charge in [0, 0.05) is 23.6 Å². The Kier molecular flexibility index (Phi) is 2.19. The molecule has 1 atom stereocenters. The minimum atomic E-state index is -0.483. The second-order valence-corrected chi connectivity index (χ2v) is 4.80. The second-order valence-electron chi connectivity index (χ2n) is 3.90. The average Bonchev–Trinajstić information content (AvgIpc) is 2.84. The second kappa shape index (κ2) is 3.57. The summed E-state index contributed by atoms with van der Waals surface area (Å²) in [6.45, 7) is 0.646. The first-order valence-corrected chi connectivity index (χ1v) is 6.10. The van der Waals surface area contributed by atoms with Crippen LogP contribution in [0.5, 0.6) is 5.75 Å². The zero-order valence-electron chi connectivity index (χ0n) is 8.72. The number of fused-ring (bicyclic) bond motifs is 1. The van der Waals surface area contributed by atoms with Gasteiger partial charge in [-0.15, -0.1) is 11.3 Å². The molecule has 0 aliphatic carbocycles. The zero-order chi connectivity index (χ0) is 11.0. The number of aromatic nitrogens is 1. The van der Waals surface area contributed by atoms with Gasteiger partial charge < -0.3 is 10.5 Å². The van der Waals surface area contributed by atoms with Crippen LogP contribution in [0.25, 0.3) is 0 Å².